The van der Waals surface area contributed by atoms with Crippen molar-refractivity contribution in [1.29, 1.82) is 0 Å². The number of para-hydroxylation sites is 1. The van der Waals surface area contributed by atoms with E-state index in [4.69, 9.17) is 4.98 Å². The van der Waals surface area contributed by atoms with Crippen LogP contribution in [0.1, 0.15) is 18.1 Å². The number of aromatic nitrogens is 5. The Morgan fingerprint density at radius 1 is 0.964 bits per heavy atom. The standard InChI is InChI=1S/C20H24N8/c1-3-16-7-4-6-15(2)18(16)24-17-14-23-26-20(25-17)28-12-10-27(11-13-28)19-21-8-5-9-22-19/h4-9,14H,3,10-13H2,1-2H3,(H,24,25,26). The number of anilines is 4. The van der Waals surface area contributed by atoms with Gasteiger partial charge in [-0.05, 0) is 30.5 Å². The number of hydrogen-bond acceptors (Lipinski definition) is 8. The Bertz CT molecular complexity index is 922. The maximum atomic E-state index is 4.70. The van der Waals surface area contributed by atoms with Gasteiger partial charge in [0.15, 0.2) is 5.82 Å². The number of benzene rings is 1. The van der Waals surface area contributed by atoms with E-state index in [0.717, 1.165) is 44.2 Å². The first kappa shape index (κ1) is 18.1. The molecule has 1 aromatic carbocycles. The van der Waals surface area contributed by atoms with Crippen LogP contribution < -0.4 is 15.1 Å². The van der Waals surface area contributed by atoms with Crippen LogP contribution in [0.2, 0.25) is 0 Å². The fourth-order valence-corrected chi connectivity index (χ4v) is 3.38. The minimum absolute atomic E-state index is 0.644. The van der Waals surface area contributed by atoms with E-state index in [2.05, 4.69) is 67.3 Å². The quantitative estimate of drug-likeness (QED) is 0.728. The first-order chi connectivity index (χ1) is 13.7. The van der Waals surface area contributed by atoms with Gasteiger partial charge >= 0.3 is 0 Å². The summed E-state index contributed by atoms with van der Waals surface area (Å²) in [6.07, 6.45) is 6.17. The van der Waals surface area contributed by atoms with Crippen molar-refractivity contribution < 1.29 is 0 Å². The van der Waals surface area contributed by atoms with E-state index in [1.54, 1.807) is 18.6 Å². The Morgan fingerprint density at radius 2 is 1.68 bits per heavy atom. The Kier molecular flexibility index (Phi) is 5.27. The maximum Gasteiger partial charge on any atom is 0.247 e. The number of rotatable bonds is 5. The highest BCUT2D eigenvalue weighted by Gasteiger charge is 2.21. The Balaban J connectivity index is 1.46. The van der Waals surface area contributed by atoms with Crippen molar-refractivity contribution in [3.63, 3.8) is 0 Å². The number of hydrogen-bond donors (Lipinski definition) is 1. The smallest absolute Gasteiger partial charge is 0.247 e. The Labute approximate surface area is 164 Å². The third-order valence-corrected chi connectivity index (χ3v) is 4.94. The molecule has 0 unspecified atom stereocenters. The molecular formula is C20H24N8. The molecule has 0 radical (unpaired) electrons. The lowest BCUT2D eigenvalue weighted by Gasteiger charge is -2.34. The summed E-state index contributed by atoms with van der Waals surface area (Å²) in [5.74, 6) is 2.12. The topological polar surface area (TPSA) is 83.0 Å². The summed E-state index contributed by atoms with van der Waals surface area (Å²) in [6, 6.07) is 8.15. The van der Waals surface area contributed by atoms with Gasteiger partial charge in [0, 0.05) is 44.3 Å². The van der Waals surface area contributed by atoms with Crippen LogP contribution in [-0.2, 0) is 6.42 Å². The van der Waals surface area contributed by atoms with Gasteiger partial charge in [0.1, 0.15) is 0 Å². The zero-order chi connectivity index (χ0) is 19.3. The van der Waals surface area contributed by atoms with Crippen molar-refractivity contribution >= 4 is 23.4 Å². The molecule has 0 saturated carbocycles. The molecule has 1 fully saturated rings. The molecule has 8 nitrogen and oxygen atoms in total. The lowest BCUT2D eigenvalue weighted by Crippen LogP contribution is -2.47. The van der Waals surface area contributed by atoms with E-state index >= 15 is 0 Å². The molecule has 0 atom stereocenters. The molecule has 3 aromatic rings. The van der Waals surface area contributed by atoms with Crippen LogP contribution in [0.25, 0.3) is 0 Å². The normalized spacial score (nSPS) is 14.2. The fraction of sp³-hybridized carbons (Fsp3) is 0.350. The van der Waals surface area contributed by atoms with E-state index in [1.165, 1.54) is 11.1 Å². The number of nitrogens with one attached hydrogen (secondary N) is 1. The van der Waals surface area contributed by atoms with Crippen LogP contribution in [0.15, 0.2) is 42.9 Å². The summed E-state index contributed by atoms with van der Waals surface area (Å²) in [7, 11) is 0. The van der Waals surface area contributed by atoms with E-state index < -0.39 is 0 Å². The van der Waals surface area contributed by atoms with Gasteiger partial charge in [0.05, 0.1) is 6.20 Å². The molecular weight excluding hydrogens is 352 g/mol. The van der Waals surface area contributed by atoms with Crippen LogP contribution in [0.4, 0.5) is 23.4 Å². The highest BCUT2D eigenvalue weighted by Crippen LogP contribution is 2.25. The second-order valence-corrected chi connectivity index (χ2v) is 6.75. The van der Waals surface area contributed by atoms with Crippen molar-refractivity contribution in [2.45, 2.75) is 20.3 Å². The van der Waals surface area contributed by atoms with Crippen molar-refractivity contribution in [1.82, 2.24) is 25.1 Å². The van der Waals surface area contributed by atoms with Gasteiger partial charge in [-0.15, -0.1) is 5.10 Å². The van der Waals surface area contributed by atoms with Gasteiger partial charge in [0.2, 0.25) is 11.9 Å². The van der Waals surface area contributed by atoms with Gasteiger partial charge in [-0.2, -0.15) is 10.1 Å². The summed E-state index contributed by atoms with van der Waals surface area (Å²) < 4.78 is 0. The maximum absolute atomic E-state index is 4.70. The minimum atomic E-state index is 0.644. The fourth-order valence-electron chi connectivity index (χ4n) is 3.38. The summed E-state index contributed by atoms with van der Waals surface area (Å²) in [5.41, 5.74) is 3.55. The third-order valence-electron chi connectivity index (χ3n) is 4.94. The Morgan fingerprint density at radius 3 is 2.39 bits per heavy atom. The molecule has 0 spiro atoms. The zero-order valence-corrected chi connectivity index (χ0v) is 16.2. The molecule has 144 valence electrons. The van der Waals surface area contributed by atoms with Crippen molar-refractivity contribution in [2.24, 2.45) is 0 Å². The molecule has 4 rings (SSSR count). The molecule has 3 heterocycles. The van der Waals surface area contributed by atoms with Crippen LogP contribution in [-0.4, -0.2) is 51.3 Å². The van der Waals surface area contributed by atoms with Gasteiger partial charge in [-0.1, -0.05) is 25.1 Å². The summed E-state index contributed by atoms with van der Waals surface area (Å²) in [4.78, 5) is 17.7. The average Bonchev–Trinajstić information content (AvgIpc) is 2.76. The molecule has 2 aromatic heterocycles. The SMILES string of the molecule is CCc1cccc(C)c1Nc1cnnc(N2CCN(c3ncccn3)CC2)n1. The van der Waals surface area contributed by atoms with Gasteiger partial charge in [-0.25, -0.2) is 9.97 Å². The lowest BCUT2D eigenvalue weighted by atomic mass is 10.1. The molecule has 0 aliphatic carbocycles. The molecule has 1 aliphatic rings. The molecule has 1 N–H and O–H groups in total. The predicted octanol–water partition coefficient (Wildman–Crippen LogP) is 2.60. The van der Waals surface area contributed by atoms with E-state index in [9.17, 15) is 0 Å². The van der Waals surface area contributed by atoms with Crippen molar-refractivity contribution in [2.75, 3.05) is 41.3 Å². The van der Waals surface area contributed by atoms with Crippen molar-refractivity contribution in [3.8, 4) is 0 Å². The molecule has 0 amide bonds. The van der Waals surface area contributed by atoms with Gasteiger partial charge in [0.25, 0.3) is 0 Å². The van der Waals surface area contributed by atoms with E-state index in [-0.39, 0.29) is 0 Å². The van der Waals surface area contributed by atoms with Crippen LogP contribution in [0.3, 0.4) is 0 Å². The molecule has 8 heteroatoms. The average molecular weight is 376 g/mol. The highest BCUT2D eigenvalue weighted by molar-refractivity contribution is 5.64. The summed E-state index contributed by atoms with van der Waals surface area (Å²) in [5, 5.41) is 11.8. The first-order valence-corrected chi connectivity index (χ1v) is 9.56. The molecule has 1 saturated heterocycles. The molecule has 1 aliphatic heterocycles. The predicted molar refractivity (Wildman–Crippen MR) is 110 cm³/mol. The van der Waals surface area contributed by atoms with Gasteiger partial charge in [-0.3, -0.25) is 0 Å². The number of aryl methyl sites for hydroxylation is 2. The number of piperazine rings is 1. The number of nitrogens with zero attached hydrogens (tertiary/aromatic N) is 7. The lowest BCUT2D eigenvalue weighted by molar-refractivity contribution is 0.624. The van der Waals surface area contributed by atoms with E-state index in [1.807, 2.05) is 6.07 Å². The van der Waals surface area contributed by atoms with Crippen LogP contribution >= 0.6 is 0 Å². The van der Waals surface area contributed by atoms with Crippen molar-refractivity contribution in [3.05, 3.63) is 54.0 Å². The van der Waals surface area contributed by atoms with Crippen LogP contribution in [0.5, 0.6) is 0 Å². The second kappa shape index (κ2) is 8.16. The first-order valence-electron chi connectivity index (χ1n) is 9.56. The zero-order valence-electron chi connectivity index (χ0n) is 16.2. The molecule has 0 bridgehead atoms. The Hall–Kier alpha value is -3.29. The molecule has 28 heavy (non-hydrogen) atoms. The van der Waals surface area contributed by atoms with E-state index in [0.29, 0.717) is 11.8 Å². The summed E-state index contributed by atoms with van der Waals surface area (Å²) >= 11 is 0. The van der Waals surface area contributed by atoms with Gasteiger partial charge < -0.3 is 15.1 Å². The third kappa shape index (κ3) is 3.85. The monoisotopic (exact) mass is 376 g/mol. The minimum Gasteiger partial charge on any atom is -0.338 e. The highest BCUT2D eigenvalue weighted by atomic mass is 15.4. The largest absolute Gasteiger partial charge is 0.338 e. The summed E-state index contributed by atoms with van der Waals surface area (Å²) in [6.45, 7) is 7.50. The van der Waals surface area contributed by atoms with Crippen LogP contribution in [0, 0.1) is 6.92 Å². The second-order valence-electron chi connectivity index (χ2n) is 6.75.